The van der Waals surface area contributed by atoms with E-state index in [0.717, 1.165) is 10.4 Å². The topological polar surface area (TPSA) is 78.3 Å². The van der Waals surface area contributed by atoms with Crippen LogP contribution >= 0.6 is 22.9 Å². The number of benzene rings is 2. The molecular weight excluding hydrogens is 444 g/mol. The molecule has 0 amide bonds. The maximum absolute atomic E-state index is 13.8. The maximum Gasteiger partial charge on any atom is 0.305 e. The van der Waals surface area contributed by atoms with Gasteiger partial charge in [-0.2, -0.15) is 0 Å². The van der Waals surface area contributed by atoms with Crippen LogP contribution < -0.4 is 0 Å². The van der Waals surface area contributed by atoms with Crippen LogP contribution in [-0.4, -0.2) is 30.5 Å². The fourth-order valence-electron chi connectivity index (χ4n) is 3.53. The second kappa shape index (κ2) is 8.02. The van der Waals surface area contributed by atoms with Crippen LogP contribution in [0, 0.1) is 6.92 Å². The SMILES string of the molecule is COC(=O)CCCc1cc2cc(Cl)ccc2n1S(=O)(=O)c1cccc2nc(C)sc12. The summed E-state index contributed by atoms with van der Waals surface area (Å²) in [6.07, 6.45) is 1.08. The Hall–Kier alpha value is -2.42. The maximum atomic E-state index is 13.8. The first kappa shape index (κ1) is 20.8. The molecule has 0 fully saturated rings. The number of halogens is 1. The number of esters is 1. The van der Waals surface area contributed by atoms with Crippen LogP contribution in [0.1, 0.15) is 23.5 Å². The van der Waals surface area contributed by atoms with Crippen molar-refractivity contribution in [2.75, 3.05) is 7.11 Å². The fraction of sp³-hybridized carbons (Fsp3) is 0.238. The Labute approximate surface area is 183 Å². The molecule has 9 heteroatoms. The first-order chi connectivity index (χ1) is 14.3. The van der Waals surface area contributed by atoms with E-state index in [-0.39, 0.29) is 17.3 Å². The summed E-state index contributed by atoms with van der Waals surface area (Å²) in [5.41, 5.74) is 1.80. The third-order valence-corrected chi connectivity index (χ3v) is 8.03. The van der Waals surface area contributed by atoms with Crippen molar-refractivity contribution in [2.45, 2.75) is 31.1 Å². The van der Waals surface area contributed by atoms with Gasteiger partial charge in [0.1, 0.15) is 4.90 Å². The molecule has 0 saturated heterocycles. The Morgan fingerprint density at radius 2 is 2.03 bits per heavy atom. The number of fused-ring (bicyclic) bond motifs is 2. The number of rotatable bonds is 6. The summed E-state index contributed by atoms with van der Waals surface area (Å²) in [5.74, 6) is -0.325. The number of methoxy groups -OCH3 is 1. The molecule has 30 heavy (non-hydrogen) atoms. The minimum atomic E-state index is -3.91. The third-order valence-electron chi connectivity index (χ3n) is 4.84. The van der Waals surface area contributed by atoms with Crippen LogP contribution in [0.4, 0.5) is 0 Å². The van der Waals surface area contributed by atoms with Crippen molar-refractivity contribution in [3.8, 4) is 0 Å². The molecule has 0 aliphatic carbocycles. The minimum absolute atomic E-state index is 0.211. The molecule has 0 radical (unpaired) electrons. The summed E-state index contributed by atoms with van der Waals surface area (Å²) in [6, 6.07) is 12.0. The van der Waals surface area contributed by atoms with Gasteiger partial charge in [0.25, 0.3) is 10.0 Å². The summed E-state index contributed by atoms with van der Waals surface area (Å²) in [6.45, 7) is 1.85. The lowest BCUT2D eigenvalue weighted by atomic mass is 10.2. The van der Waals surface area contributed by atoms with Gasteiger partial charge in [-0.1, -0.05) is 17.7 Å². The summed E-state index contributed by atoms with van der Waals surface area (Å²) in [5, 5.41) is 2.06. The van der Waals surface area contributed by atoms with Gasteiger partial charge < -0.3 is 4.74 Å². The van der Waals surface area contributed by atoms with Crippen molar-refractivity contribution in [3.05, 3.63) is 58.2 Å². The van der Waals surface area contributed by atoms with E-state index in [1.807, 2.05) is 19.1 Å². The van der Waals surface area contributed by atoms with Crippen LogP contribution in [0.25, 0.3) is 21.1 Å². The fourth-order valence-corrected chi connectivity index (χ4v) is 6.64. The van der Waals surface area contributed by atoms with Crippen molar-refractivity contribution < 1.29 is 17.9 Å². The van der Waals surface area contributed by atoms with Gasteiger partial charge in [-0.3, -0.25) is 4.79 Å². The van der Waals surface area contributed by atoms with E-state index in [1.165, 1.54) is 22.4 Å². The zero-order chi connectivity index (χ0) is 21.5. The number of carbonyl (C=O) groups is 1. The molecule has 2 aromatic heterocycles. The molecule has 0 aliphatic heterocycles. The lowest BCUT2D eigenvalue weighted by Gasteiger charge is -2.13. The van der Waals surface area contributed by atoms with E-state index in [9.17, 15) is 13.2 Å². The van der Waals surface area contributed by atoms with Crippen LogP contribution in [0.5, 0.6) is 0 Å². The van der Waals surface area contributed by atoms with Gasteiger partial charge in [-0.25, -0.2) is 17.4 Å². The van der Waals surface area contributed by atoms with Gasteiger partial charge in [-0.05, 0) is 56.2 Å². The smallest absolute Gasteiger partial charge is 0.305 e. The van der Waals surface area contributed by atoms with E-state index in [0.29, 0.717) is 39.3 Å². The van der Waals surface area contributed by atoms with Crippen molar-refractivity contribution in [3.63, 3.8) is 0 Å². The van der Waals surface area contributed by atoms with E-state index >= 15 is 0 Å². The lowest BCUT2D eigenvalue weighted by Crippen LogP contribution is -2.16. The molecule has 0 N–H and O–H groups in total. The number of aromatic nitrogens is 2. The van der Waals surface area contributed by atoms with Gasteiger partial charge in [0.05, 0.1) is 27.9 Å². The minimum Gasteiger partial charge on any atom is -0.469 e. The van der Waals surface area contributed by atoms with Gasteiger partial charge in [0.15, 0.2) is 0 Å². The molecule has 2 aromatic carbocycles. The highest BCUT2D eigenvalue weighted by atomic mass is 35.5. The lowest BCUT2D eigenvalue weighted by molar-refractivity contribution is -0.140. The average Bonchev–Trinajstić information content (AvgIpc) is 3.26. The summed E-state index contributed by atoms with van der Waals surface area (Å²) < 4.78 is 34.3. The zero-order valence-corrected chi connectivity index (χ0v) is 18.8. The number of thiazole rings is 1. The van der Waals surface area contributed by atoms with Crippen molar-refractivity contribution in [2.24, 2.45) is 0 Å². The predicted octanol–water partition coefficient (Wildman–Crippen LogP) is 4.95. The first-order valence-corrected chi connectivity index (χ1v) is 11.9. The van der Waals surface area contributed by atoms with Gasteiger partial charge >= 0.3 is 5.97 Å². The molecule has 4 aromatic rings. The summed E-state index contributed by atoms with van der Waals surface area (Å²) in [4.78, 5) is 16.1. The van der Waals surface area contributed by atoms with E-state index in [4.69, 9.17) is 16.3 Å². The molecular formula is C21H19ClN2O4S2. The normalized spacial score (nSPS) is 12.0. The Kier molecular flexibility index (Phi) is 5.57. The molecule has 0 atom stereocenters. The summed E-state index contributed by atoms with van der Waals surface area (Å²) in [7, 11) is -2.57. The van der Waals surface area contributed by atoms with Gasteiger partial charge in [0, 0.05) is 22.5 Å². The average molecular weight is 463 g/mol. The number of hydrogen-bond donors (Lipinski definition) is 0. The zero-order valence-electron chi connectivity index (χ0n) is 16.4. The second-order valence-corrected chi connectivity index (χ2v) is 10.3. The number of aryl methyl sites for hydroxylation is 2. The molecule has 0 saturated carbocycles. The van der Waals surface area contributed by atoms with Crippen LogP contribution in [0.15, 0.2) is 47.4 Å². The van der Waals surface area contributed by atoms with E-state index in [2.05, 4.69) is 4.98 Å². The monoisotopic (exact) mass is 462 g/mol. The largest absolute Gasteiger partial charge is 0.469 e. The second-order valence-electron chi connectivity index (χ2n) is 6.88. The van der Waals surface area contributed by atoms with Gasteiger partial charge in [0.2, 0.25) is 0 Å². The highest BCUT2D eigenvalue weighted by Crippen LogP contribution is 2.34. The van der Waals surface area contributed by atoms with Crippen molar-refractivity contribution in [1.29, 1.82) is 0 Å². The highest BCUT2D eigenvalue weighted by Gasteiger charge is 2.26. The number of carbonyl (C=O) groups excluding carboxylic acids is 1. The van der Waals surface area contributed by atoms with Gasteiger partial charge in [-0.15, -0.1) is 11.3 Å². The van der Waals surface area contributed by atoms with Crippen LogP contribution in [0.3, 0.4) is 0 Å². The molecule has 0 spiro atoms. The molecule has 156 valence electrons. The molecule has 0 bridgehead atoms. The number of ether oxygens (including phenoxy) is 1. The van der Waals surface area contributed by atoms with E-state index < -0.39 is 10.0 Å². The van der Waals surface area contributed by atoms with Crippen molar-refractivity contribution in [1.82, 2.24) is 8.96 Å². The van der Waals surface area contributed by atoms with Crippen molar-refractivity contribution >= 4 is 60.0 Å². The Bertz CT molecular complexity index is 1370. The highest BCUT2D eigenvalue weighted by molar-refractivity contribution is 7.90. The molecule has 6 nitrogen and oxygen atoms in total. The molecule has 0 aliphatic rings. The predicted molar refractivity (Wildman–Crippen MR) is 119 cm³/mol. The number of hydrogen-bond acceptors (Lipinski definition) is 6. The Morgan fingerprint density at radius 3 is 2.80 bits per heavy atom. The standard InChI is InChI=1S/C21H19ClN2O4S2/c1-13-23-17-6-4-7-19(21(17)29-13)30(26,27)24-16(5-3-8-20(25)28-2)12-14-11-15(22)9-10-18(14)24/h4,6-7,9-12H,3,5,8H2,1-2H3. The van der Waals surface area contributed by atoms with E-state index in [1.54, 1.807) is 30.3 Å². The van der Waals surface area contributed by atoms with Crippen LogP contribution in [0.2, 0.25) is 5.02 Å². The number of nitrogens with zero attached hydrogens (tertiary/aromatic N) is 2. The summed E-state index contributed by atoms with van der Waals surface area (Å²) >= 11 is 7.49. The Balaban J connectivity index is 1.89. The molecule has 2 heterocycles. The quantitative estimate of drug-likeness (QED) is 0.379. The third kappa shape index (κ3) is 3.71. The van der Waals surface area contributed by atoms with Crippen LogP contribution in [-0.2, 0) is 26.0 Å². The molecule has 0 unspecified atom stereocenters. The first-order valence-electron chi connectivity index (χ1n) is 9.29. The molecule has 4 rings (SSSR count). The Morgan fingerprint density at radius 1 is 1.23 bits per heavy atom.